The Morgan fingerprint density at radius 1 is 1.11 bits per heavy atom. The second-order valence-corrected chi connectivity index (χ2v) is 5.44. The molecule has 0 bridgehead atoms. The summed E-state index contributed by atoms with van der Waals surface area (Å²) in [5.41, 5.74) is 5.26. The highest BCUT2D eigenvalue weighted by molar-refractivity contribution is 6.04. The van der Waals surface area contributed by atoms with Crippen molar-refractivity contribution in [3.8, 4) is 0 Å². The van der Waals surface area contributed by atoms with Gasteiger partial charge in [-0.1, -0.05) is 12.1 Å². The van der Waals surface area contributed by atoms with Gasteiger partial charge in [-0.15, -0.1) is 10.2 Å². The first kappa shape index (κ1) is 20.0. The number of urea groups is 1. The van der Waals surface area contributed by atoms with Gasteiger partial charge in [0.05, 0.1) is 10.6 Å². The van der Waals surface area contributed by atoms with Crippen LogP contribution in [0.5, 0.6) is 0 Å². The smallest absolute Gasteiger partial charge is 0.316 e. The third-order valence-electron chi connectivity index (χ3n) is 3.25. The number of primary amides is 1. The number of hydrogen-bond donors (Lipinski definition) is 4. The Labute approximate surface area is 158 Å². The number of nitro groups is 1. The fourth-order valence-corrected chi connectivity index (χ4v) is 2.07. The molecule has 28 heavy (non-hydrogen) atoms. The summed E-state index contributed by atoms with van der Waals surface area (Å²) in [6.45, 7) is 1.24. The van der Waals surface area contributed by atoms with Gasteiger partial charge in [0.1, 0.15) is 5.76 Å². The van der Waals surface area contributed by atoms with Crippen LogP contribution in [0.4, 0.5) is 27.5 Å². The van der Waals surface area contributed by atoms with Crippen LogP contribution in [-0.2, 0) is 4.79 Å². The lowest BCUT2D eigenvalue weighted by Gasteiger charge is -2.08. The number of carbonyl (C=O) groups is 2. The minimum Gasteiger partial charge on any atom is -0.510 e. The zero-order chi connectivity index (χ0) is 20.7. The maximum absolute atomic E-state index is 12.4. The Balaban J connectivity index is 2.19. The minimum absolute atomic E-state index is 0.133. The van der Waals surface area contributed by atoms with Crippen molar-refractivity contribution < 1.29 is 19.6 Å². The first-order valence-electron chi connectivity index (χ1n) is 7.80. The lowest BCUT2D eigenvalue weighted by Crippen LogP contribution is -2.19. The summed E-state index contributed by atoms with van der Waals surface area (Å²) >= 11 is 0. The Morgan fingerprint density at radius 3 is 2.36 bits per heavy atom. The molecule has 0 aliphatic heterocycles. The van der Waals surface area contributed by atoms with Crippen molar-refractivity contribution in [3.63, 3.8) is 0 Å². The molecule has 2 aromatic rings. The molecule has 0 spiro atoms. The summed E-state index contributed by atoms with van der Waals surface area (Å²) in [6.07, 6.45) is 0. The zero-order valence-electron chi connectivity index (χ0n) is 14.6. The van der Waals surface area contributed by atoms with Crippen LogP contribution in [0, 0.1) is 10.1 Å². The first-order valence-corrected chi connectivity index (χ1v) is 7.80. The highest BCUT2D eigenvalue weighted by Gasteiger charge is 2.14. The van der Waals surface area contributed by atoms with Crippen molar-refractivity contribution in [3.05, 3.63) is 70.1 Å². The number of azo groups is 1. The maximum Gasteiger partial charge on any atom is 0.316 e. The molecule has 144 valence electrons. The molecule has 0 saturated carbocycles. The van der Waals surface area contributed by atoms with E-state index in [1.165, 1.54) is 37.3 Å². The second kappa shape index (κ2) is 8.89. The molecule has 3 amide bonds. The molecule has 0 aliphatic carbocycles. The van der Waals surface area contributed by atoms with E-state index in [1.807, 2.05) is 0 Å². The van der Waals surface area contributed by atoms with Gasteiger partial charge in [0.15, 0.2) is 5.70 Å². The van der Waals surface area contributed by atoms with Gasteiger partial charge in [0.2, 0.25) is 0 Å². The zero-order valence-corrected chi connectivity index (χ0v) is 14.6. The molecule has 11 heteroatoms. The van der Waals surface area contributed by atoms with Crippen molar-refractivity contribution in [1.29, 1.82) is 0 Å². The first-order chi connectivity index (χ1) is 13.3. The number of nitrogens with one attached hydrogen (secondary N) is 2. The quantitative estimate of drug-likeness (QED) is 0.195. The SMILES string of the molecule is CC(O)=C(N=Nc1cccc([N+](=O)[O-])c1)C(=O)Nc1cccc(NC(N)=O)c1. The van der Waals surface area contributed by atoms with E-state index in [1.54, 1.807) is 18.2 Å². The fraction of sp³-hybridized carbons (Fsp3) is 0.0588. The largest absolute Gasteiger partial charge is 0.510 e. The predicted octanol–water partition coefficient (Wildman–Crippen LogP) is 3.60. The average molecular weight is 384 g/mol. The number of hydrogen-bond acceptors (Lipinski definition) is 7. The highest BCUT2D eigenvalue weighted by atomic mass is 16.6. The number of allylic oxidation sites excluding steroid dienone is 1. The van der Waals surface area contributed by atoms with Crippen LogP contribution in [-0.4, -0.2) is 22.0 Å². The lowest BCUT2D eigenvalue weighted by molar-refractivity contribution is -0.384. The van der Waals surface area contributed by atoms with E-state index < -0.39 is 22.6 Å². The number of non-ortho nitro benzene ring substituents is 1. The third-order valence-corrected chi connectivity index (χ3v) is 3.25. The van der Waals surface area contributed by atoms with Gasteiger partial charge in [-0.05, 0) is 31.2 Å². The number of rotatable bonds is 6. The molecule has 0 radical (unpaired) electrons. The highest BCUT2D eigenvalue weighted by Crippen LogP contribution is 2.22. The van der Waals surface area contributed by atoms with E-state index >= 15 is 0 Å². The van der Waals surface area contributed by atoms with Gasteiger partial charge >= 0.3 is 6.03 Å². The number of nitro benzene ring substituents is 1. The van der Waals surface area contributed by atoms with Gasteiger partial charge in [0, 0.05) is 23.5 Å². The van der Waals surface area contributed by atoms with Crippen molar-refractivity contribution in [1.82, 2.24) is 0 Å². The van der Waals surface area contributed by atoms with E-state index in [-0.39, 0.29) is 17.1 Å². The van der Waals surface area contributed by atoms with Gasteiger partial charge in [-0.3, -0.25) is 14.9 Å². The monoisotopic (exact) mass is 384 g/mol. The number of benzene rings is 2. The Kier molecular flexibility index (Phi) is 6.36. The van der Waals surface area contributed by atoms with Crippen LogP contribution in [0.1, 0.15) is 6.92 Å². The number of nitrogens with two attached hydrogens (primary N) is 1. The third kappa shape index (κ3) is 5.62. The van der Waals surface area contributed by atoms with Crippen molar-refractivity contribution in [2.45, 2.75) is 6.92 Å². The topological polar surface area (TPSA) is 172 Å². The van der Waals surface area contributed by atoms with E-state index in [0.29, 0.717) is 11.4 Å². The number of anilines is 2. The summed E-state index contributed by atoms with van der Waals surface area (Å²) in [5, 5.41) is 32.8. The molecular weight excluding hydrogens is 368 g/mol. The Morgan fingerprint density at radius 2 is 1.75 bits per heavy atom. The minimum atomic E-state index is -0.773. The van der Waals surface area contributed by atoms with Crippen LogP contribution in [0.3, 0.4) is 0 Å². The summed E-state index contributed by atoms with van der Waals surface area (Å²) in [5.74, 6) is -1.18. The second-order valence-electron chi connectivity index (χ2n) is 5.44. The molecule has 0 atom stereocenters. The van der Waals surface area contributed by atoms with Gasteiger partial charge in [-0.2, -0.15) is 0 Å². The van der Waals surface area contributed by atoms with Crippen molar-refractivity contribution >= 4 is 34.7 Å². The van der Waals surface area contributed by atoms with Crippen LogP contribution in [0.25, 0.3) is 0 Å². The van der Waals surface area contributed by atoms with E-state index in [2.05, 4.69) is 20.9 Å². The number of amides is 3. The number of carbonyl (C=O) groups excluding carboxylic acids is 2. The van der Waals surface area contributed by atoms with Crippen LogP contribution in [0.15, 0.2) is 70.2 Å². The maximum atomic E-state index is 12.4. The lowest BCUT2D eigenvalue weighted by atomic mass is 10.2. The summed E-state index contributed by atoms with van der Waals surface area (Å²) in [7, 11) is 0. The molecule has 2 rings (SSSR count). The van der Waals surface area contributed by atoms with Crippen molar-refractivity contribution in [2.75, 3.05) is 10.6 Å². The van der Waals surface area contributed by atoms with Crippen LogP contribution < -0.4 is 16.4 Å². The standard InChI is InChI=1S/C17H16N6O5/c1-10(24)15(22-21-13-6-3-7-14(9-13)23(27)28)16(25)19-11-4-2-5-12(8-11)20-17(18)26/h2-9,24H,1H3,(H,19,25)(H3,18,20,26). The van der Waals surface area contributed by atoms with E-state index in [9.17, 15) is 24.8 Å². The van der Waals surface area contributed by atoms with Gasteiger partial charge in [-0.25, -0.2) is 4.79 Å². The molecular formula is C17H16N6O5. The fourth-order valence-electron chi connectivity index (χ4n) is 2.07. The number of aliphatic hydroxyl groups excluding tert-OH is 1. The average Bonchev–Trinajstić information content (AvgIpc) is 2.61. The van der Waals surface area contributed by atoms with Crippen molar-refractivity contribution in [2.24, 2.45) is 16.0 Å². The molecule has 0 heterocycles. The molecule has 11 nitrogen and oxygen atoms in total. The van der Waals surface area contributed by atoms with E-state index in [4.69, 9.17) is 5.73 Å². The normalized spacial score (nSPS) is 11.6. The van der Waals surface area contributed by atoms with Gasteiger partial charge in [0.25, 0.3) is 11.6 Å². The molecule has 0 aromatic heterocycles. The number of aliphatic hydroxyl groups is 1. The Hall–Kier alpha value is -4.28. The van der Waals surface area contributed by atoms with Crippen LogP contribution in [0.2, 0.25) is 0 Å². The molecule has 2 aromatic carbocycles. The summed E-state index contributed by atoms with van der Waals surface area (Å²) < 4.78 is 0. The molecule has 0 saturated heterocycles. The summed E-state index contributed by atoms with van der Waals surface area (Å²) in [6, 6.07) is 10.7. The number of nitrogens with zero attached hydrogens (tertiary/aromatic N) is 3. The molecule has 0 unspecified atom stereocenters. The van der Waals surface area contributed by atoms with E-state index in [0.717, 1.165) is 0 Å². The van der Waals surface area contributed by atoms with Crippen LogP contribution >= 0.6 is 0 Å². The molecule has 5 N–H and O–H groups in total. The summed E-state index contributed by atoms with van der Waals surface area (Å²) in [4.78, 5) is 33.5. The molecule has 0 aliphatic rings. The Bertz CT molecular complexity index is 982. The predicted molar refractivity (Wildman–Crippen MR) is 101 cm³/mol. The van der Waals surface area contributed by atoms with Gasteiger partial charge < -0.3 is 21.5 Å². The molecule has 0 fully saturated rings.